The number of carbonyl (C=O) groups excluding carboxylic acids is 2. The molecule has 2 atom stereocenters. The Morgan fingerprint density at radius 2 is 1.90 bits per heavy atom. The average molecular weight is 446 g/mol. The minimum Gasteiger partial charge on any atom is -0.338 e. The molecule has 0 N–H and O–H groups in total. The van der Waals surface area contributed by atoms with Crippen molar-refractivity contribution in [1.29, 1.82) is 0 Å². The quantitative estimate of drug-likeness (QED) is 0.678. The molecular weight excluding hydrogens is 418 g/mol. The highest BCUT2D eigenvalue weighted by molar-refractivity contribution is 7.10. The minimum absolute atomic E-state index is 0.00680. The molecule has 0 unspecified atom stereocenters. The van der Waals surface area contributed by atoms with Crippen molar-refractivity contribution in [2.45, 2.75) is 32.4 Å². The molecule has 7 heteroatoms. The van der Waals surface area contributed by atoms with Gasteiger partial charge in [0.1, 0.15) is 5.88 Å². The van der Waals surface area contributed by atoms with Gasteiger partial charge in [0.25, 0.3) is 0 Å². The van der Waals surface area contributed by atoms with Crippen molar-refractivity contribution in [2.24, 2.45) is 0 Å². The molecule has 0 spiro atoms. The summed E-state index contributed by atoms with van der Waals surface area (Å²) >= 11 is 7.53. The molecule has 1 aromatic heterocycles. The summed E-state index contributed by atoms with van der Waals surface area (Å²) in [4.78, 5) is 32.6. The van der Waals surface area contributed by atoms with Crippen LogP contribution in [0.15, 0.2) is 35.7 Å². The Labute approximate surface area is 187 Å². The van der Waals surface area contributed by atoms with Gasteiger partial charge in [-0.1, -0.05) is 24.3 Å². The Hall–Kier alpha value is -1.89. The average Bonchev–Trinajstić information content (AvgIpc) is 3.22. The maximum atomic E-state index is 13.2. The summed E-state index contributed by atoms with van der Waals surface area (Å²) in [6.07, 6.45) is 0.983. The lowest BCUT2D eigenvalue weighted by atomic mass is 9.90. The molecule has 0 saturated carbocycles. The number of fused-ring (bicyclic) bond motifs is 1. The van der Waals surface area contributed by atoms with Crippen LogP contribution in [-0.4, -0.2) is 71.2 Å². The topological polar surface area (TPSA) is 43.9 Å². The fourth-order valence-corrected chi connectivity index (χ4v) is 5.76. The number of carbonyl (C=O) groups is 2. The van der Waals surface area contributed by atoms with Crippen LogP contribution < -0.4 is 0 Å². The van der Waals surface area contributed by atoms with Crippen LogP contribution in [0.2, 0.25) is 0 Å². The van der Waals surface area contributed by atoms with E-state index in [1.165, 1.54) is 21.6 Å². The van der Waals surface area contributed by atoms with Gasteiger partial charge in [0.05, 0.1) is 12.6 Å². The lowest BCUT2D eigenvalue weighted by molar-refractivity contribution is -0.142. The van der Waals surface area contributed by atoms with Crippen molar-refractivity contribution >= 4 is 34.8 Å². The number of alkyl halides is 1. The Balaban J connectivity index is 1.51. The van der Waals surface area contributed by atoms with Crippen molar-refractivity contribution in [3.63, 3.8) is 0 Å². The molecule has 5 nitrogen and oxygen atoms in total. The van der Waals surface area contributed by atoms with Crippen molar-refractivity contribution in [1.82, 2.24) is 14.7 Å². The second-order valence-electron chi connectivity index (χ2n) is 8.19. The summed E-state index contributed by atoms with van der Waals surface area (Å²) in [5.41, 5.74) is 3.86. The standard InChI is InChI=1S/C23H28ClN3O2S/c1-16-5-3-4-6-18(16)23-19-8-12-30-20(19)7-9-26(23)15-22(29)25-10-11-27(17(2)14-25)21(28)13-24/h3-6,8,12,17,23H,7,9-11,13-15H2,1-2H3/t17-,23-/m1/s1. The summed E-state index contributed by atoms with van der Waals surface area (Å²) in [5.74, 6) is 0.0710. The largest absolute Gasteiger partial charge is 0.338 e. The van der Waals surface area contributed by atoms with E-state index in [1.54, 1.807) is 4.90 Å². The molecule has 0 aliphatic carbocycles. The zero-order valence-corrected chi connectivity index (χ0v) is 19.1. The number of amides is 2. The zero-order valence-electron chi connectivity index (χ0n) is 17.5. The van der Waals surface area contributed by atoms with E-state index in [-0.39, 0.29) is 29.8 Å². The number of benzene rings is 1. The van der Waals surface area contributed by atoms with E-state index < -0.39 is 0 Å². The van der Waals surface area contributed by atoms with Gasteiger partial charge in [-0.3, -0.25) is 14.5 Å². The van der Waals surface area contributed by atoms with E-state index in [9.17, 15) is 9.59 Å². The van der Waals surface area contributed by atoms with Gasteiger partial charge in [-0.2, -0.15) is 0 Å². The highest BCUT2D eigenvalue weighted by atomic mass is 35.5. The van der Waals surface area contributed by atoms with Crippen molar-refractivity contribution in [3.8, 4) is 0 Å². The Kier molecular flexibility index (Phi) is 6.46. The van der Waals surface area contributed by atoms with Gasteiger partial charge in [-0.25, -0.2) is 0 Å². The normalized spacial score (nSPS) is 22.1. The summed E-state index contributed by atoms with van der Waals surface area (Å²) in [6, 6.07) is 10.8. The summed E-state index contributed by atoms with van der Waals surface area (Å²) in [7, 11) is 0. The van der Waals surface area contributed by atoms with E-state index in [1.807, 2.05) is 23.2 Å². The lowest BCUT2D eigenvalue weighted by Gasteiger charge is -2.42. The molecule has 0 radical (unpaired) electrons. The monoisotopic (exact) mass is 445 g/mol. The molecule has 1 aromatic carbocycles. The SMILES string of the molecule is Cc1ccccc1[C@@H]1c2ccsc2CCN1CC(=O)N1CCN(C(=O)CCl)[C@H](C)C1. The molecule has 160 valence electrons. The third-order valence-corrected chi connectivity index (χ3v) is 7.53. The third kappa shape index (κ3) is 4.13. The first-order valence-electron chi connectivity index (χ1n) is 10.5. The molecule has 4 rings (SSSR count). The highest BCUT2D eigenvalue weighted by Gasteiger charge is 2.34. The highest BCUT2D eigenvalue weighted by Crippen LogP contribution is 2.38. The summed E-state index contributed by atoms with van der Waals surface area (Å²) < 4.78 is 0. The number of rotatable bonds is 4. The number of hydrogen-bond donors (Lipinski definition) is 0. The number of nitrogens with zero attached hydrogens (tertiary/aromatic N) is 3. The summed E-state index contributed by atoms with van der Waals surface area (Å²) in [6.45, 7) is 7.08. The van der Waals surface area contributed by atoms with Crippen molar-refractivity contribution in [3.05, 3.63) is 57.3 Å². The second-order valence-corrected chi connectivity index (χ2v) is 9.46. The number of thiophene rings is 1. The third-order valence-electron chi connectivity index (χ3n) is 6.30. The van der Waals surface area contributed by atoms with Gasteiger partial charge in [0.2, 0.25) is 11.8 Å². The van der Waals surface area contributed by atoms with E-state index in [4.69, 9.17) is 11.6 Å². The smallest absolute Gasteiger partial charge is 0.237 e. The molecule has 30 heavy (non-hydrogen) atoms. The molecule has 2 aromatic rings. The van der Waals surface area contributed by atoms with Crippen molar-refractivity contribution < 1.29 is 9.59 Å². The lowest BCUT2D eigenvalue weighted by Crippen LogP contribution is -2.57. The molecule has 0 bridgehead atoms. The molecule has 1 fully saturated rings. The molecule has 2 aliphatic rings. The van der Waals surface area contributed by atoms with Crippen LogP contribution in [0.25, 0.3) is 0 Å². The van der Waals surface area contributed by atoms with Crippen LogP contribution in [0.3, 0.4) is 0 Å². The first-order valence-corrected chi connectivity index (χ1v) is 11.9. The first kappa shape index (κ1) is 21.3. The number of hydrogen-bond acceptors (Lipinski definition) is 4. The maximum absolute atomic E-state index is 13.2. The van der Waals surface area contributed by atoms with Crippen LogP contribution in [0.1, 0.15) is 34.5 Å². The van der Waals surface area contributed by atoms with Crippen LogP contribution >= 0.6 is 22.9 Å². The van der Waals surface area contributed by atoms with Crippen LogP contribution in [-0.2, 0) is 16.0 Å². The maximum Gasteiger partial charge on any atom is 0.237 e. The Morgan fingerprint density at radius 1 is 1.10 bits per heavy atom. The molecule has 2 aliphatic heterocycles. The van der Waals surface area contributed by atoms with Crippen LogP contribution in [0, 0.1) is 6.92 Å². The van der Waals surface area contributed by atoms with E-state index >= 15 is 0 Å². The van der Waals surface area contributed by atoms with E-state index in [2.05, 4.69) is 47.5 Å². The van der Waals surface area contributed by atoms with E-state index in [0.29, 0.717) is 26.2 Å². The van der Waals surface area contributed by atoms with Gasteiger partial charge < -0.3 is 9.80 Å². The second kappa shape index (κ2) is 9.08. The molecule has 1 saturated heterocycles. The van der Waals surface area contributed by atoms with Gasteiger partial charge in [-0.15, -0.1) is 22.9 Å². The molecule has 3 heterocycles. The van der Waals surface area contributed by atoms with Gasteiger partial charge >= 0.3 is 0 Å². The Morgan fingerprint density at radius 3 is 2.63 bits per heavy atom. The number of piperazine rings is 1. The van der Waals surface area contributed by atoms with Crippen molar-refractivity contribution in [2.75, 3.05) is 38.6 Å². The first-order chi connectivity index (χ1) is 14.5. The Bertz CT molecular complexity index is 931. The van der Waals surface area contributed by atoms with Crippen LogP contribution in [0.5, 0.6) is 0 Å². The predicted octanol–water partition coefficient (Wildman–Crippen LogP) is 3.30. The number of aryl methyl sites for hydroxylation is 1. The summed E-state index contributed by atoms with van der Waals surface area (Å²) in [5, 5.41) is 2.16. The molecule has 2 amide bonds. The fraction of sp³-hybridized carbons (Fsp3) is 0.478. The molecular formula is C23H28ClN3O2S. The fourth-order valence-electron chi connectivity index (χ4n) is 4.70. The van der Waals surface area contributed by atoms with Crippen LogP contribution in [0.4, 0.5) is 0 Å². The van der Waals surface area contributed by atoms with E-state index in [0.717, 1.165) is 13.0 Å². The predicted molar refractivity (Wildman–Crippen MR) is 121 cm³/mol. The number of halogens is 1. The zero-order chi connectivity index (χ0) is 21.3. The van der Waals surface area contributed by atoms with Gasteiger partial charge in [0, 0.05) is 37.1 Å². The van der Waals surface area contributed by atoms with Gasteiger partial charge in [-0.05, 0) is 48.4 Å². The minimum atomic E-state index is -0.0584. The van der Waals surface area contributed by atoms with Gasteiger partial charge in [0.15, 0.2) is 0 Å².